The summed E-state index contributed by atoms with van der Waals surface area (Å²) in [6.45, 7) is 21.8. The summed E-state index contributed by atoms with van der Waals surface area (Å²) in [5.74, 6) is -0.267. The molecule has 2 N–H and O–H groups in total. The first kappa shape index (κ1) is 37.3. The number of hydrogen-bond acceptors (Lipinski definition) is 5. The van der Waals surface area contributed by atoms with Crippen molar-refractivity contribution in [3.8, 4) is 0 Å². The number of ether oxygens (including phenoxy) is 1. The third-order valence-electron chi connectivity index (χ3n) is 7.91. The van der Waals surface area contributed by atoms with Crippen molar-refractivity contribution in [3.63, 3.8) is 0 Å². The normalized spacial score (nSPS) is 14.7. The van der Waals surface area contributed by atoms with E-state index in [4.69, 9.17) is 4.74 Å². The molecule has 0 bridgehead atoms. The van der Waals surface area contributed by atoms with Crippen molar-refractivity contribution in [1.29, 1.82) is 0 Å². The first-order chi connectivity index (χ1) is 19.5. The summed E-state index contributed by atoms with van der Waals surface area (Å²) in [5, 5.41) is 6.29. The summed E-state index contributed by atoms with van der Waals surface area (Å²) < 4.78 is 5.74. The van der Waals surface area contributed by atoms with Crippen molar-refractivity contribution in [3.05, 3.63) is 47.5 Å². The molecule has 0 aromatic heterocycles. The maximum atomic E-state index is 14.0. The van der Waals surface area contributed by atoms with E-state index >= 15 is 0 Å². The van der Waals surface area contributed by atoms with Crippen molar-refractivity contribution in [2.45, 2.75) is 99.2 Å². The van der Waals surface area contributed by atoms with E-state index in [0.717, 1.165) is 24.1 Å². The average molecular weight is 587 g/mol. The van der Waals surface area contributed by atoms with Crippen molar-refractivity contribution in [2.75, 3.05) is 40.4 Å². The molecule has 1 aromatic rings. The second-order valence-corrected chi connectivity index (χ2v) is 13.3. The molecular weight excluding hydrogens is 528 g/mol. The van der Waals surface area contributed by atoms with Crippen LogP contribution in [-0.4, -0.2) is 86.0 Å². The second-order valence-electron chi connectivity index (χ2n) is 13.3. The smallest absolute Gasteiger partial charge is 0.248 e. The van der Waals surface area contributed by atoms with Crippen LogP contribution >= 0.6 is 0 Å². The first-order valence-electron chi connectivity index (χ1n) is 15.3. The Bertz CT molecular complexity index is 1030. The molecule has 1 aromatic carbocycles. The van der Waals surface area contributed by atoms with Crippen LogP contribution in [0.15, 0.2) is 42.0 Å². The van der Waals surface area contributed by atoms with Crippen molar-refractivity contribution in [2.24, 2.45) is 11.3 Å². The molecule has 3 unspecified atom stereocenters. The van der Waals surface area contributed by atoms with Crippen LogP contribution in [-0.2, 0) is 24.5 Å². The van der Waals surface area contributed by atoms with Gasteiger partial charge in [-0.1, -0.05) is 91.8 Å². The highest BCUT2D eigenvalue weighted by molar-refractivity contribution is 5.91. The third-order valence-corrected chi connectivity index (χ3v) is 7.91. The minimum atomic E-state index is -0.736. The molecule has 0 saturated heterocycles. The van der Waals surface area contributed by atoms with Crippen LogP contribution in [0, 0.1) is 11.3 Å². The molecule has 3 atom stereocenters. The number of amides is 3. The van der Waals surface area contributed by atoms with Crippen LogP contribution in [0.1, 0.15) is 81.2 Å². The third kappa shape index (κ3) is 10.5. The molecule has 0 aliphatic carbocycles. The van der Waals surface area contributed by atoms with E-state index in [1.165, 1.54) is 0 Å². The zero-order valence-electron chi connectivity index (χ0n) is 28.3. The molecule has 8 nitrogen and oxygen atoms in total. The minimum absolute atomic E-state index is 0.0149. The summed E-state index contributed by atoms with van der Waals surface area (Å²) in [6.07, 6.45) is 2.94. The fraction of sp³-hybridized carbons (Fsp3) is 0.676. The Morgan fingerprint density at radius 2 is 1.57 bits per heavy atom. The summed E-state index contributed by atoms with van der Waals surface area (Å²) in [5.41, 5.74) is 0.941. The number of likely N-dealkylation sites (N-methyl/N-ethyl adjacent to an activating group) is 3. The Hall–Kier alpha value is -2.71. The molecule has 8 heteroatoms. The van der Waals surface area contributed by atoms with E-state index < -0.39 is 22.9 Å². The molecule has 0 radical (unpaired) electrons. The molecular formula is C34H58N4O4. The summed E-state index contributed by atoms with van der Waals surface area (Å²) >= 11 is 0. The van der Waals surface area contributed by atoms with Crippen LogP contribution in [0.4, 0.5) is 0 Å². The van der Waals surface area contributed by atoms with Gasteiger partial charge in [0.25, 0.3) is 0 Å². The largest absolute Gasteiger partial charge is 0.367 e. The molecule has 1 rings (SSSR count). The average Bonchev–Trinajstić information content (AvgIpc) is 2.92. The van der Waals surface area contributed by atoms with Crippen molar-refractivity contribution < 1.29 is 19.1 Å². The molecule has 0 saturated carbocycles. The van der Waals surface area contributed by atoms with Gasteiger partial charge in [0.2, 0.25) is 17.7 Å². The number of rotatable bonds is 16. The van der Waals surface area contributed by atoms with Gasteiger partial charge in [0.05, 0.1) is 18.7 Å². The molecule has 0 fully saturated rings. The van der Waals surface area contributed by atoms with Gasteiger partial charge in [-0.15, -0.1) is 0 Å². The van der Waals surface area contributed by atoms with E-state index in [-0.39, 0.29) is 36.3 Å². The zero-order valence-corrected chi connectivity index (χ0v) is 28.3. The Morgan fingerprint density at radius 1 is 0.976 bits per heavy atom. The topological polar surface area (TPSA) is 91.0 Å². The van der Waals surface area contributed by atoms with Gasteiger partial charge in [0.15, 0.2) is 0 Å². The summed E-state index contributed by atoms with van der Waals surface area (Å²) in [6, 6.07) is 8.43. The highest BCUT2D eigenvalue weighted by atomic mass is 16.5. The van der Waals surface area contributed by atoms with Crippen LogP contribution < -0.4 is 10.6 Å². The number of carbonyl (C=O) groups is 3. The molecule has 0 spiro atoms. The highest BCUT2D eigenvalue weighted by Gasteiger charge is 2.41. The molecule has 0 aliphatic rings. The number of nitrogens with one attached hydrogen (secondary N) is 2. The number of benzene rings is 1. The van der Waals surface area contributed by atoms with Gasteiger partial charge in [0.1, 0.15) is 12.6 Å². The van der Waals surface area contributed by atoms with Gasteiger partial charge >= 0.3 is 0 Å². The molecule has 3 amide bonds. The lowest BCUT2D eigenvalue weighted by atomic mass is 9.76. The van der Waals surface area contributed by atoms with E-state index in [2.05, 4.69) is 24.5 Å². The maximum absolute atomic E-state index is 14.0. The zero-order chi connectivity index (χ0) is 32.3. The van der Waals surface area contributed by atoms with E-state index in [9.17, 15) is 14.4 Å². The lowest BCUT2D eigenvalue weighted by molar-refractivity contribution is -0.140. The highest BCUT2D eigenvalue weighted by Crippen LogP contribution is 2.29. The van der Waals surface area contributed by atoms with Crippen LogP contribution in [0.3, 0.4) is 0 Å². The maximum Gasteiger partial charge on any atom is 0.248 e. The Kier molecular flexibility index (Phi) is 14.9. The quantitative estimate of drug-likeness (QED) is 0.272. The first-order valence-corrected chi connectivity index (χ1v) is 15.3. The van der Waals surface area contributed by atoms with E-state index in [0.29, 0.717) is 13.2 Å². The van der Waals surface area contributed by atoms with E-state index in [1.54, 1.807) is 23.9 Å². The minimum Gasteiger partial charge on any atom is -0.367 e. The van der Waals surface area contributed by atoms with Gasteiger partial charge in [-0.2, -0.15) is 0 Å². The number of hydrogen-bond donors (Lipinski definition) is 2. The van der Waals surface area contributed by atoms with Gasteiger partial charge in [0, 0.05) is 25.6 Å². The fourth-order valence-corrected chi connectivity index (χ4v) is 5.29. The fourth-order valence-electron chi connectivity index (χ4n) is 5.29. The predicted molar refractivity (Wildman–Crippen MR) is 172 cm³/mol. The lowest BCUT2D eigenvalue weighted by Gasteiger charge is -2.40. The SMILES string of the molecule is CCCN(CC)C(=O)COC/C(C)=C/C(C(C)C)N(C)C(=O)C(NC(=O)C(NC)C(C)(C)c1ccccc1)C(C)(C)C. The summed E-state index contributed by atoms with van der Waals surface area (Å²) in [7, 11) is 3.57. The number of nitrogens with zero attached hydrogens (tertiary/aromatic N) is 2. The lowest BCUT2D eigenvalue weighted by Crippen LogP contribution is -2.61. The van der Waals surface area contributed by atoms with E-state index in [1.807, 2.05) is 91.8 Å². The standard InChI is InChI=1S/C34H58N4O4/c1-13-20-38(14-2)28(39)23-42-22-25(5)21-27(24(3)4)37(12)32(41)30(33(6,7)8)36-31(40)29(35-11)34(9,10)26-18-16-15-17-19-26/h15-19,21,24,27,29-30,35H,13-14,20,22-23H2,1-12H3,(H,36,40)/b25-21+. The van der Waals surface area contributed by atoms with Gasteiger partial charge in [-0.05, 0) is 49.8 Å². The molecule has 42 heavy (non-hydrogen) atoms. The monoisotopic (exact) mass is 586 g/mol. The van der Waals surface area contributed by atoms with Gasteiger partial charge in [-0.3, -0.25) is 14.4 Å². The predicted octanol–water partition coefficient (Wildman–Crippen LogP) is 4.79. The van der Waals surface area contributed by atoms with Crippen molar-refractivity contribution in [1.82, 2.24) is 20.4 Å². The summed E-state index contributed by atoms with van der Waals surface area (Å²) in [4.78, 5) is 43.7. The Labute approximate surface area is 255 Å². The van der Waals surface area contributed by atoms with Crippen molar-refractivity contribution >= 4 is 17.7 Å². The van der Waals surface area contributed by atoms with Crippen LogP contribution in [0.5, 0.6) is 0 Å². The molecule has 238 valence electrons. The molecule has 0 heterocycles. The van der Waals surface area contributed by atoms with Gasteiger partial charge in [-0.25, -0.2) is 0 Å². The van der Waals surface area contributed by atoms with Crippen LogP contribution in [0.25, 0.3) is 0 Å². The van der Waals surface area contributed by atoms with Gasteiger partial charge < -0.3 is 25.2 Å². The Balaban J connectivity index is 3.11. The van der Waals surface area contributed by atoms with Crippen LogP contribution in [0.2, 0.25) is 0 Å². The second kappa shape index (κ2) is 16.8. The Morgan fingerprint density at radius 3 is 2.05 bits per heavy atom. The molecule has 0 aliphatic heterocycles. The number of carbonyl (C=O) groups excluding carboxylic acids is 3.